The van der Waals surface area contributed by atoms with Crippen molar-refractivity contribution in [1.82, 2.24) is 5.32 Å². The van der Waals surface area contributed by atoms with Crippen LogP contribution in [0.4, 0.5) is 0 Å². The number of hydrogen-bond donors (Lipinski definition) is 2. The van der Waals surface area contributed by atoms with Crippen LogP contribution in [-0.4, -0.2) is 68.5 Å². The highest BCUT2D eigenvalue weighted by Crippen LogP contribution is 2.38. The standard InChI is InChI=1S/C69H127N2O6P/c1-6-8-10-12-14-16-18-20-22-24-25-26-27-28-29-30-31-32-33-34-35-36-37-38-39-40-41-42-43-44-45-47-49-51-53-55-57-59-61-63-69(73)70-67(66-77-78(74,75)76-65-64-71(3,4)5)68(72)62-60-58-56-54-52-50-48-46-23-21-19-17-15-13-11-9-7-2/h8,10,14,16,20,22,25-26,28-29,52,54,60,62,67-68,72H,6-7,9,11-13,15,17-19,21,23-24,27,30-51,53,55-59,61,63-66H2,1-5H3,(H-,70,73,74,75)/b10-8-,16-14-,22-20-,26-25-,29-28-,54-52+,62-60+. The summed E-state index contributed by atoms with van der Waals surface area (Å²) >= 11 is 0. The summed E-state index contributed by atoms with van der Waals surface area (Å²) in [7, 11) is 1.25. The zero-order chi connectivity index (χ0) is 57.0. The summed E-state index contributed by atoms with van der Waals surface area (Å²) in [5.74, 6) is -0.204. The molecule has 0 aromatic carbocycles. The molecule has 0 saturated heterocycles. The van der Waals surface area contributed by atoms with Gasteiger partial charge in [-0.15, -0.1) is 0 Å². The van der Waals surface area contributed by atoms with Crippen LogP contribution >= 0.6 is 7.82 Å². The molecule has 3 unspecified atom stereocenters. The van der Waals surface area contributed by atoms with Crippen molar-refractivity contribution in [2.45, 2.75) is 309 Å². The first-order chi connectivity index (χ1) is 38.0. The number of unbranched alkanes of at least 4 members (excludes halogenated alkanes) is 35. The van der Waals surface area contributed by atoms with Crippen LogP contribution in [0.3, 0.4) is 0 Å². The van der Waals surface area contributed by atoms with Crippen molar-refractivity contribution in [2.75, 3.05) is 40.9 Å². The Hall–Kier alpha value is -2.32. The van der Waals surface area contributed by atoms with Crippen LogP contribution in [0.15, 0.2) is 85.1 Å². The Balaban J connectivity index is 3.97. The van der Waals surface area contributed by atoms with Crippen LogP contribution in [0.25, 0.3) is 0 Å². The number of likely N-dealkylation sites (N-methyl/N-ethyl adjacent to an activating group) is 1. The van der Waals surface area contributed by atoms with Gasteiger partial charge in [-0.1, -0.05) is 298 Å². The van der Waals surface area contributed by atoms with Crippen molar-refractivity contribution >= 4 is 13.7 Å². The number of allylic oxidation sites excluding steroid dienone is 13. The second-order valence-electron chi connectivity index (χ2n) is 23.4. The average Bonchev–Trinajstić information content (AvgIpc) is 3.40. The lowest BCUT2D eigenvalue weighted by Gasteiger charge is -2.29. The predicted octanol–water partition coefficient (Wildman–Crippen LogP) is 20.1. The quantitative estimate of drug-likeness (QED) is 0.0272. The van der Waals surface area contributed by atoms with Crippen LogP contribution in [0, 0.1) is 0 Å². The summed E-state index contributed by atoms with van der Waals surface area (Å²) in [6.45, 7) is 4.53. The minimum absolute atomic E-state index is 0.00680. The number of nitrogens with zero attached hydrogens (tertiary/aromatic N) is 1. The summed E-state index contributed by atoms with van der Waals surface area (Å²) in [4.78, 5) is 25.5. The van der Waals surface area contributed by atoms with Gasteiger partial charge in [0.05, 0.1) is 39.9 Å². The van der Waals surface area contributed by atoms with E-state index in [9.17, 15) is 19.4 Å². The van der Waals surface area contributed by atoms with Crippen molar-refractivity contribution in [3.63, 3.8) is 0 Å². The van der Waals surface area contributed by atoms with Crippen molar-refractivity contribution in [2.24, 2.45) is 0 Å². The minimum Gasteiger partial charge on any atom is -0.756 e. The molecule has 0 heterocycles. The van der Waals surface area contributed by atoms with Gasteiger partial charge in [-0.25, -0.2) is 0 Å². The van der Waals surface area contributed by atoms with Gasteiger partial charge in [0.1, 0.15) is 13.2 Å². The minimum atomic E-state index is -4.61. The Bertz CT molecular complexity index is 1550. The van der Waals surface area contributed by atoms with Gasteiger partial charge in [-0.05, 0) is 77.0 Å². The first kappa shape index (κ1) is 75.7. The molecule has 454 valence electrons. The maximum atomic E-state index is 13.0. The van der Waals surface area contributed by atoms with Crippen molar-refractivity contribution in [3.05, 3.63) is 85.1 Å². The van der Waals surface area contributed by atoms with E-state index in [-0.39, 0.29) is 12.5 Å². The highest BCUT2D eigenvalue weighted by molar-refractivity contribution is 7.45. The van der Waals surface area contributed by atoms with Gasteiger partial charge in [0.25, 0.3) is 7.82 Å². The number of carbonyl (C=O) groups is 1. The SMILES string of the molecule is CC/C=C\C/C=C\C/C=C\C/C=C\C/C=C\CCCCCCCCCCCCCCCCCCCCCCCCCC(=O)NC(COP(=O)([O-])OCC[N+](C)(C)C)C(O)/C=C/CC/C=C/CCCCCCCCCCCCC. The Labute approximate surface area is 484 Å². The molecule has 0 bridgehead atoms. The maximum absolute atomic E-state index is 13.0. The number of phosphoric ester groups is 1. The molecule has 0 aliphatic rings. The van der Waals surface area contributed by atoms with E-state index < -0.39 is 26.6 Å². The number of amides is 1. The van der Waals surface area contributed by atoms with Gasteiger partial charge in [0.2, 0.25) is 5.91 Å². The number of carbonyl (C=O) groups excluding carboxylic acids is 1. The third-order valence-corrected chi connectivity index (χ3v) is 15.6. The number of phosphoric acid groups is 1. The van der Waals surface area contributed by atoms with Gasteiger partial charge < -0.3 is 28.8 Å². The van der Waals surface area contributed by atoms with Gasteiger partial charge in [-0.3, -0.25) is 9.36 Å². The number of quaternary nitrogens is 1. The molecule has 0 spiro atoms. The fraction of sp³-hybridized carbons (Fsp3) is 0.783. The number of hydrogen-bond acceptors (Lipinski definition) is 6. The lowest BCUT2D eigenvalue weighted by Crippen LogP contribution is -2.45. The Kier molecular flexibility index (Phi) is 57.5. The summed E-state index contributed by atoms with van der Waals surface area (Å²) in [6, 6.07) is -0.905. The highest BCUT2D eigenvalue weighted by atomic mass is 31.2. The molecule has 2 N–H and O–H groups in total. The molecule has 78 heavy (non-hydrogen) atoms. The van der Waals surface area contributed by atoms with Gasteiger partial charge in [-0.2, -0.15) is 0 Å². The third kappa shape index (κ3) is 61.3. The number of aliphatic hydroxyl groups excluding tert-OH is 1. The van der Waals surface area contributed by atoms with Crippen LogP contribution in [-0.2, 0) is 18.4 Å². The molecule has 9 heteroatoms. The molecule has 0 rings (SSSR count). The second-order valence-corrected chi connectivity index (χ2v) is 24.8. The first-order valence-corrected chi connectivity index (χ1v) is 34.4. The van der Waals surface area contributed by atoms with Crippen molar-refractivity contribution in [3.8, 4) is 0 Å². The van der Waals surface area contributed by atoms with E-state index in [1.807, 2.05) is 27.2 Å². The molecule has 8 nitrogen and oxygen atoms in total. The van der Waals surface area contributed by atoms with Gasteiger partial charge in [0.15, 0.2) is 0 Å². The van der Waals surface area contributed by atoms with E-state index >= 15 is 0 Å². The molecule has 0 aromatic heterocycles. The van der Waals surface area contributed by atoms with Crippen LogP contribution in [0.2, 0.25) is 0 Å². The lowest BCUT2D eigenvalue weighted by atomic mass is 10.0. The fourth-order valence-corrected chi connectivity index (χ4v) is 10.2. The monoisotopic (exact) mass is 1110 g/mol. The van der Waals surface area contributed by atoms with Gasteiger partial charge in [0, 0.05) is 6.42 Å². The third-order valence-electron chi connectivity index (χ3n) is 14.6. The molecule has 3 atom stereocenters. The Morgan fingerprint density at radius 3 is 1.19 bits per heavy atom. The molecule has 0 aliphatic carbocycles. The maximum Gasteiger partial charge on any atom is 0.268 e. The van der Waals surface area contributed by atoms with Crippen LogP contribution in [0.1, 0.15) is 296 Å². The topological polar surface area (TPSA) is 108 Å². The lowest BCUT2D eigenvalue weighted by molar-refractivity contribution is -0.870. The molecule has 0 aromatic rings. The average molecular weight is 1110 g/mol. The van der Waals surface area contributed by atoms with E-state index in [1.54, 1.807) is 6.08 Å². The molecular weight excluding hydrogens is 984 g/mol. The number of nitrogens with one attached hydrogen (secondary N) is 1. The molecule has 0 saturated carbocycles. The summed E-state index contributed by atoms with van der Waals surface area (Å²) in [5, 5.41) is 13.9. The second kappa shape index (κ2) is 59.3. The first-order valence-electron chi connectivity index (χ1n) is 32.9. The molecule has 1 amide bonds. The zero-order valence-corrected chi connectivity index (χ0v) is 52.7. The molecular formula is C69H127N2O6P. The zero-order valence-electron chi connectivity index (χ0n) is 51.9. The molecule has 0 fully saturated rings. The number of aliphatic hydroxyl groups is 1. The fourth-order valence-electron chi connectivity index (χ4n) is 9.49. The molecule has 0 radical (unpaired) electrons. The highest BCUT2D eigenvalue weighted by Gasteiger charge is 2.23. The van der Waals surface area contributed by atoms with E-state index in [2.05, 4.69) is 92.1 Å². The predicted molar refractivity (Wildman–Crippen MR) is 339 cm³/mol. The summed E-state index contributed by atoms with van der Waals surface area (Å²) in [6.07, 6.45) is 84.2. The summed E-state index contributed by atoms with van der Waals surface area (Å²) < 4.78 is 23.4. The normalized spacial score (nSPS) is 14.3. The smallest absolute Gasteiger partial charge is 0.268 e. The number of rotatable bonds is 60. The van der Waals surface area contributed by atoms with E-state index in [0.29, 0.717) is 17.4 Å². The van der Waals surface area contributed by atoms with Crippen LogP contribution in [0.5, 0.6) is 0 Å². The van der Waals surface area contributed by atoms with Crippen LogP contribution < -0.4 is 10.2 Å². The summed E-state index contributed by atoms with van der Waals surface area (Å²) in [5.41, 5.74) is 0. The Morgan fingerprint density at radius 2 is 0.795 bits per heavy atom. The largest absolute Gasteiger partial charge is 0.756 e. The van der Waals surface area contributed by atoms with Crippen molar-refractivity contribution in [1.29, 1.82) is 0 Å². The van der Waals surface area contributed by atoms with E-state index in [4.69, 9.17) is 9.05 Å². The van der Waals surface area contributed by atoms with E-state index in [0.717, 1.165) is 70.6 Å². The van der Waals surface area contributed by atoms with Gasteiger partial charge >= 0.3 is 0 Å². The Morgan fingerprint density at radius 1 is 0.462 bits per heavy atom. The molecule has 0 aliphatic heterocycles. The van der Waals surface area contributed by atoms with Crippen molar-refractivity contribution < 1.29 is 32.9 Å². The van der Waals surface area contributed by atoms with E-state index in [1.165, 1.54) is 205 Å².